The van der Waals surface area contributed by atoms with Crippen LogP contribution in [0.1, 0.15) is 12.8 Å². The van der Waals surface area contributed by atoms with Gasteiger partial charge in [-0.3, -0.25) is 0 Å². The van der Waals surface area contributed by atoms with Crippen LogP contribution in [0.15, 0.2) is 12.4 Å². The molecule has 0 saturated carbocycles. The first kappa shape index (κ1) is 5.15. The van der Waals surface area contributed by atoms with Gasteiger partial charge < -0.3 is 10.2 Å². The molecule has 0 bridgehead atoms. The molecular formula is C7H12N2. The summed E-state index contributed by atoms with van der Waals surface area (Å²) in [6.07, 6.45) is 2.71. The molecule has 2 saturated heterocycles. The topological polar surface area (TPSA) is 15.3 Å². The van der Waals surface area contributed by atoms with E-state index in [0.29, 0.717) is 0 Å². The first-order chi connectivity index (χ1) is 4.38. The Morgan fingerprint density at radius 1 is 1.67 bits per heavy atom. The standard InChI is InChI=1S/C7H12N2/c1-6-8-5-7-3-2-4-9(6)7/h7-8H,1-5H2. The first-order valence-electron chi connectivity index (χ1n) is 3.57. The molecule has 1 N–H and O–H groups in total. The molecule has 2 aliphatic heterocycles. The molecule has 0 aromatic rings. The largest absolute Gasteiger partial charge is 0.370 e. The molecule has 2 heteroatoms. The molecular weight excluding hydrogens is 112 g/mol. The summed E-state index contributed by atoms with van der Waals surface area (Å²) in [5.74, 6) is 1.14. The SMILES string of the molecule is C=C1NCC2CCCN12. The second-order valence-corrected chi connectivity index (χ2v) is 2.82. The summed E-state index contributed by atoms with van der Waals surface area (Å²) >= 11 is 0. The minimum Gasteiger partial charge on any atom is -0.370 e. The molecule has 0 amide bonds. The molecule has 2 fully saturated rings. The molecule has 1 unspecified atom stereocenters. The number of hydrogen-bond donors (Lipinski definition) is 1. The van der Waals surface area contributed by atoms with Gasteiger partial charge in [-0.15, -0.1) is 0 Å². The van der Waals surface area contributed by atoms with Crippen molar-refractivity contribution in [3.8, 4) is 0 Å². The summed E-state index contributed by atoms with van der Waals surface area (Å²) < 4.78 is 0. The van der Waals surface area contributed by atoms with Crippen molar-refractivity contribution in [2.45, 2.75) is 18.9 Å². The molecule has 50 valence electrons. The molecule has 0 aromatic heterocycles. The van der Waals surface area contributed by atoms with Gasteiger partial charge >= 0.3 is 0 Å². The highest BCUT2D eigenvalue weighted by Crippen LogP contribution is 2.23. The molecule has 1 atom stereocenters. The van der Waals surface area contributed by atoms with Gasteiger partial charge in [0.05, 0.1) is 5.82 Å². The number of nitrogens with one attached hydrogen (secondary N) is 1. The Hall–Kier alpha value is -0.660. The van der Waals surface area contributed by atoms with Gasteiger partial charge in [0.1, 0.15) is 0 Å². The van der Waals surface area contributed by atoms with Crippen LogP contribution in [0.2, 0.25) is 0 Å². The van der Waals surface area contributed by atoms with Crippen LogP contribution in [0, 0.1) is 0 Å². The normalized spacial score (nSPS) is 32.7. The number of hydrogen-bond acceptors (Lipinski definition) is 2. The quantitative estimate of drug-likeness (QED) is 0.506. The maximum atomic E-state index is 3.91. The van der Waals surface area contributed by atoms with E-state index in [1.807, 2.05) is 0 Å². The number of rotatable bonds is 0. The second kappa shape index (κ2) is 1.66. The molecule has 2 rings (SSSR count). The third-order valence-corrected chi connectivity index (χ3v) is 2.27. The molecule has 0 spiro atoms. The van der Waals surface area contributed by atoms with E-state index < -0.39 is 0 Å². The Bertz CT molecular complexity index is 142. The summed E-state index contributed by atoms with van der Waals surface area (Å²) in [6.45, 7) is 6.25. The third-order valence-electron chi connectivity index (χ3n) is 2.27. The van der Waals surface area contributed by atoms with Crippen molar-refractivity contribution in [2.75, 3.05) is 13.1 Å². The summed E-state index contributed by atoms with van der Waals surface area (Å²) in [5.41, 5.74) is 0. The fraction of sp³-hybridized carbons (Fsp3) is 0.714. The molecule has 0 aromatic carbocycles. The van der Waals surface area contributed by atoms with Crippen LogP contribution in [0.5, 0.6) is 0 Å². The first-order valence-corrected chi connectivity index (χ1v) is 3.57. The zero-order valence-corrected chi connectivity index (χ0v) is 5.56. The van der Waals surface area contributed by atoms with E-state index in [0.717, 1.165) is 18.4 Å². The zero-order valence-electron chi connectivity index (χ0n) is 5.56. The van der Waals surface area contributed by atoms with Crippen molar-refractivity contribution >= 4 is 0 Å². The Kier molecular flexibility index (Phi) is 0.949. The fourth-order valence-electron chi connectivity index (χ4n) is 1.74. The monoisotopic (exact) mass is 124 g/mol. The average molecular weight is 124 g/mol. The Labute approximate surface area is 55.5 Å². The van der Waals surface area contributed by atoms with Crippen molar-refractivity contribution in [2.24, 2.45) is 0 Å². The van der Waals surface area contributed by atoms with Gasteiger partial charge in [0.15, 0.2) is 0 Å². The Morgan fingerprint density at radius 3 is 3.33 bits per heavy atom. The maximum absolute atomic E-state index is 3.91. The lowest BCUT2D eigenvalue weighted by molar-refractivity contribution is 0.382. The minimum absolute atomic E-state index is 0.775. The van der Waals surface area contributed by atoms with Crippen LogP contribution in [-0.4, -0.2) is 24.0 Å². The van der Waals surface area contributed by atoms with Gasteiger partial charge in [-0.05, 0) is 12.8 Å². The van der Waals surface area contributed by atoms with Crippen molar-refractivity contribution in [3.05, 3.63) is 12.4 Å². The minimum atomic E-state index is 0.775. The van der Waals surface area contributed by atoms with Crippen LogP contribution in [0.4, 0.5) is 0 Å². The van der Waals surface area contributed by atoms with Crippen molar-refractivity contribution in [3.63, 3.8) is 0 Å². The van der Waals surface area contributed by atoms with Crippen molar-refractivity contribution < 1.29 is 0 Å². The smallest absolute Gasteiger partial charge is 0.0942 e. The third kappa shape index (κ3) is 0.622. The lowest BCUT2D eigenvalue weighted by atomic mass is 10.2. The number of fused-ring (bicyclic) bond motifs is 1. The van der Waals surface area contributed by atoms with Crippen molar-refractivity contribution in [1.29, 1.82) is 0 Å². The van der Waals surface area contributed by atoms with Gasteiger partial charge in [0.25, 0.3) is 0 Å². The van der Waals surface area contributed by atoms with Crippen LogP contribution < -0.4 is 5.32 Å². The Balaban J connectivity index is 2.15. The van der Waals surface area contributed by atoms with Gasteiger partial charge in [-0.1, -0.05) is 6.58 Å². The average Bonchev–Trinajstić information content (AvgIpc) is 2.35. The lowest BCUT2D eigenvalue weighted by Gasteiger charge is -2.15. The maximum Gasteiger partial charge on any atom is 0.0942 e. The van der Waals surface area contributed by atoms with Gasteiger partial charge in [-0.25, -0.2) is 0 Å². The molecule has 0 aliphatic carbocycles. The highest BCUT2D eigenvalue weighted by Gasteiger charge is 2.29. The molecule has 9 heavy (non-hydrogen) atoms. The van der Waals surface area contributed by atoms with E-state index in [1.165, 1.54) is 19.4 Å². The van der Waals surface area contributed by atoms with Crippen LogP contribution in [0.25, 0.3) is 0 Å². The highest BCUT2D eigenvalue weighted by molar-refractivity contribution is 5.05. The zero-order chi connectivity index (χ0) is 6.27. The summed E-state index contributed by atoms with van der Waals surface area (Å²) in [4.78, 5) is 2.38. The van der Waals surface area contributed by atoms with E-state index in [-0.39, 0.29) is 0 Å². The van der Waals surface area contributed by atoms with Crippen LogP contribution in [0.3, 0.4) is 0 Å². The Morgan fingerprint density at radius 2 is 2.56 bits per heavy atom. The van der Waals surface area contributed by atoms with E-state index in [9.17, 15) is 0 Å². The second-order valence-electron chi connectivity index (χ2n) is 2.82. The number of nitrogens with zero attached hydrogens (tertiary/aromatic N) is 1. The highest BCUT2D eigenvalue weighted by atomic mass is 15.3. The molecule has 0 radical (unpaired) electrons. The van der Waals surface area contributed by atoms with Crippen LogP contribution in [-0.2, 0) is 0 Å². The molecule has 2 heterocycles. The van der Waals surface area contributed by atoms with E-state index >= 15 is 0 Å². The van der Waals surface area contributed by atoms with Crippen LogP contribution >= 0.6 is 0 Å². The lowest BCUT2D eigenvalue weighted by Crippen LogP contribution is -2.21. The van der Waals surface area contributed by atoms with E-state index in [1.54, 1.807) is 0 Å². The summed E-state index contributed by atoms with van der Waals surface area (Å²) in [6, 6.07) is 0.775. The van der Waals surface area contributed by atoms with E-state index in [4.69, 9.17) is 0 Å². The van der Waals surface area contributed by atoms with Gasteiger partial charge in [-0.2, -0.15) is 0 Å². The molecule has 2 nitrogen and oxygen atoms in total. The summed E-state index contributed by atoms with van der Waals surface area (Å²) in [7, 11) is 0. The molecule has 2 aliphatic rings. The van der Waals surface area contributed by atoms with Crippen molar-refractivity contribution in [1.82, 2.24) is 10.2 Å². The van der Waals surface area contributed by atoms with Gasteiger partial charge in [0.2, 0.25) is 0 Å². The predicted octanol–water partition coefficient (Wildman–Crippen LogP) is 0.525. The van der Waals surface area contributed by atoms with Gasteiger partial charge in [0, 0.05) is 19.1 Å². The summed E-state index contributed by atoms with van der Waals surface area (Å²) in [5, 5.41) is 3.25. The predicted molar refractivity (Wildman–Crippen MR) is 36.9 cm³/mol. The fourth-order valence-corrected chi connectivity index (χ4v) is 1.74. The van der Waals surface area contributed by atoms with E-state index in [2.05, 4.69) is 16.8 Å².